The average Bonchev–Trinajstić information content (AvgIpc) is 3.04. The first-order valence-electron chi connectivity index (χ1n) is 8.47. The fourth-order valence-corrected chi connectivity index (χ4v) is 2.60. The van der Waals surface area contributed by atoms with Gasteiger partial charge in [-0.3, -0.25) is 0 Å². The molecule has 1 heterocycles. The summed E-state index contributed by atoms with van der Waals surface area (Å²) in [5, 5.41) is 19.3. The monoisotopic (exact) mass is 355 g/mol. The van der Waals surface area contributed by atoms with Gasteiger partial charge in [0.25, 0.3) is 0 Å². The van der Waals surface area contributed by atoms with E-state index in [0.29, 0.717) is 16.9 Å². The van der Waals surface area contributed by atoms with Crippen LogP contribution in [0.5, 0.6) is 0 Å². The van der Waals surface area contributed by atoms with Crippen molar-refractivity contribution >= 4 is 17.1 Å². The van der Waals surface area contributed by atoms with Crippen LogP contribution in [0.2, 0.25) is 0 Å². The maximum absolute atomic E-state index is 10.7. The van der Waals surface area contributed by atoms with Crippen LogP contribution < -0.4 is 5.49 Å². The first-order chi connectivity index (χ1) is 13.3. The lowest BCUT2D eigenvalue weighted by Crippen LogP contribution is -2.20. The topological polar surface area (TPSA) is 67.2 Å². The fourth-order valence-electron chi connectivity index (χ4n) is 2.60. The molecule has 0 aliphatic rings. The summed E-state index contributed by atoms with van der Waals surface area (Å²) in [5.41, 5.74) is 2.96. The molecule has 4 aromatic rings. The van der Waals surface area contributed by atoms with Gasteiger partial charge in [-0.15, -0.1) is 5.11 Å². The molecular weight excluding hydrogens is 338 g/mol. The van der Waals surface area contributed by atoms with Gasteiger partial charge >= 0.3 is 0 Å². The maximum Gasteiger partial charge on any atom is 0.218 e. The largest absolute Gasteiger partial charge is 0.411 e. The summed E-state index contributed by atoms with van der Waals surface area (Å²) in [4.78, 5) is 5.51. The van der Waals surface area contributed by atoms with Crippen molar-refractivity contribution in [2.75, 3.05) is 0 Å². The minimum absolute atomic E-state index is 0.296. The van der Waals surface area contributed by atoms with Gasteiger partial charge in [0.1, 0.15) is 0 Å². The molecule has 0 fully saturated rings. The second kappa shape index (κ2) is 7.53. The zero-order valence-corrected chi connectivity index (χ0v) is 14.4. The van der Waals surface area contributed by atoms with Crippen LogP contribution in [0.4, 0.5) is 17.1 Å². The van der Waals surface area contributed by atoms with E-state index in [4.69, 9.17) is 0 Å². The number of hydrogen-bond acceptors (Lipinski definition) is 4. The Morgan fingerprint density at radius 3 is 1.81 bits per heavy atom. The zero-order chi connectivity index (χ0) is 18.5. The third kappa shape index (κ3) is 3.69. The van der Waals surface area contributed by atoms with Crippen LogP contribution in [0, 0.1) is 0 Å². The van der Waals surface area contributed by atoms with Crippen LogP contribution in [0.1, 0.15) is 0 Å². The highest BCUT2D eigenvalue weighted by Gasteiger charge is 2.10. The summed E-state index contributed by atoms with van der Waals surface area (Å²) >= 11 is 0. The van der Waals surface area contributed by atoms with E-state index in [1.807, 2.05) is 91.0 Å². The van der Waals surface area contributed by atoms with Crippen molar-refractivity contribution in [3.8, 4) is 5.69 Å². The second-order valence-electron chi connectivity index (χ2n) is 5.79. The van der Waals surface area contributed by atoms with Crippen LogP contribution in [-0.4, -0.2) is 14.7 Å². The summed E-state index contributed by atoms with van der Waals surface area (Å²) in [7, 11) is 0. The summed E-state index contributed by atoms with van der Waals surface area (Å²) in [6.07, 6.45) is 1.70. The summed E-state index contributed by atoms with van der Waals surface area (Å²) < 4.78 is 1.57. The lowest BCUT2D eigenvalue weighted by atomic mass is 10.3. The third-order valence-electron chi connectivity index (χ3n) is 3.91. The molecule has 3 aromatic carbocycles. The number of rotatable bonds is 4. The van der Waals surface area contributed by atoms with Crippen molar-refractivity contribution < 1.29 is 5.21 Å². The van der Waals surface area contributed by atoms with Crippen molar-refractivity contribution in [2.24, 2.45) is 15.2 Å². The number of para-hydroxylation sites is 2. The summed E-state index contributed by atoms with van der Waals surface area (Å²) in [5.74, 6) is 0. The Hall–Kier alpha value is -3.93. The maximum atomic E-state index is 10.7. The van der Waals surface area contributed by atoms with Gasteiger partial charge in [-0.1, -0.05) is 59.4 Å². The van der Waals surface area contributed by atoms with Crippen LogP contribution >= 0.6 is 0 Å². The minimum Gasteiger partial charge on any atom is -0.411 e. The molecule has 1 N–H and O–H groups in total. The minimum atomic E-state index is 0.296. The van der Waals surface area contributed by atoms with Gasteiger partial charge in [0.15, 0.2) is 5.69 Å². The molecule has 0 aliphatic carbocycles. The van der Waals surface area contributed by atoms with Crippen LogP contribution in [-0.2, 0) is 0 Å². The predicted molar refractivity (Wildman–Crippen MR) is 103 cm³/mol. The van der Waals surface area contributed by atoms with E-state index < -0.39 is 0 Å². The molecular formula is C21H17N5O. The molecule has 0 aliphatic heterocycles. The van der Waals surface area contributed by atoms with E-state index in [-0.39, 0.29) is 0 Å². The van der Waals surface area contributed by atoms with Gasteiger partial charge < -0.3 is 5.21 Å². The molecule has 132 valence electrons. The normalized spacial score (nSPS) is 11.9. The van der Waals surface area contributed by atoms with E-state index in [1.165, 1.54) is 0 Å². The van der Waals surface area contributed by atoms with E-state index in [1.54, 1.807) is 10.9 Å². The zero-order valence-electron chi connectivity index (χ0n) is 14.4. The smallest absolute Gasteiger partial charge is 0.218 e. The number of aromatic nitrogens is 2. The first kappa shape index (κ1) is 16.5. The average molecular weight is 355 g/mol. The van der Waals surface area contributed by atoms with Crippen molar-refractivity contribution in [1.82, 2.24) is 9.53 Å². The molecule has 6 heteroatoms. The molecule has 0 saturated carbocycles. The standard InChI is InChI=1S/C21H17N5O/c27-26-21(22-17-10-4-1-5-11-17)20(24-23-18-12-6-2-7-13-18)16-25(26)19-14-8-3-9-15-19/h1-16,27H. The number of hydrogen-bond donors (Lipinski definition) is 1. The molecule has 0 unspecified atom stereocenters. The van der Waals surface area contributed by atoms with Gasteiger partial charge in [-0.05, 0) is 36.4 Å². The Kier molecular flexibility index (Phi) is 4.61. The lowest BCUT2D eigenvalue weighted by molar-refractivity contribution is 0.118. The Morgan fingerprint density at radius 1 is 0.630 bits per heavy atom. The Labute approximate surface area is 156 Å². The fraction of sp³-hybridized carbons (Fsp3) is 0. The molecule has 0 radical (unpaired) electrons. The second-order valence-corrected chi connectivity index (χ2v) is 5.79. The van der Waals surface area contributed by atoms with Gasteiger partial charge in [-0.25, -0.2) is 9.67 Å². The van der Waals surface area contributed by atoms with Crippen molar-refractivity contribution in [3.05, 3.63) is 103 Å². The molecule has 0 atom stereocenters. The highest BCUT2D eigenvalue weighted by molar-refractivity contribution is 5.42. The van der Waals surface area contributed by atoms with Crippen molar-refractivity contribution in [1.29, 1.82) is 0 Å². The highest BCUT2D eigenvalue weighted by atomic mass is 16.5. The Bertz CT molecular complexity index is 1110. The van der Waals surface area contributed by atoms with Gasteiger partial charge in [0, 0.05) is 0 Å². The quantitative estimate of drug-likeness (QED) is 0.398. The highest BCUT2D eigenvalue weighted by Crippen LogP contribution is 2.18. The van der Waals surface area contributed by atoms with Crippen LogP contribution in [0.15, 0.2) is 112 Å². The van der Waals surface area contributed by atoms with Gasteiger partial charge in [-0.2, -0.15) is 5.11 Å². The van der Waals surface area contributed by atoms with E-state index in [2.05, 4.69) is 15.2 Å². The first-order valence-corrected chi connectivity index (χ1v) is 8.47. The molecule has 6 nitrogen and oxygen atoms in total. The van der Waals surface area contributed by atoms with E-state index in [0.717, 1.165) is 16.2 Å². The number of azo groups is 1. The van der Waals surface area contributed by atoms with E-state index >= 15 is 0 Å². The third-order valence-corrected chi connectivity index (χ3v) is 3.91. The summed E-state index contributed by atoms with van der Waals surface area (Å²) in [6.45, 7) is 0. The molecule has 0 saturated heterocycles. The van der Waals surface area contributed by atoms with Gasteiger partial charge in [0.2, 0.25) is 5.49 Å². The van der Waals surface area contributed by atoms with Crippen molar-refractivity contribution in [2.45, 2.75) is 0 Å². The van der Waals surface area contributed by atoms with E-state index in [9.17, 15) is 5.21 Å². The molecule has 0 bridgehead atoms. The number of nitrogens with zero attached hydrogens (tertiary/aromatic N) is 5. The Morgan fingerprint density at radius 2 is 1.19 bits per heavy atom. The predicted octanol–water partition coefficient (Wildman–Crippen LogP) is 5.16. The SMILES string of the molecule is On1c(=Nc2ccccc2)c(N=Nc2ccccc2)cn1-c1ccccc1. The van der Waals surface area contributed by atoms with Crippen LogP contribution in [0.25, 0.3) is 5.69 Å². The molecule has 0 amide bonds. The lowest BCUT2D eigenvalue weighted by Gasteiger charge is -2.05. The summed E-state index contributed by atoms with van der Waals surface area (Å²) in [6, 6.07) is 28.3. The van der Waals surface area contributed by atoms with Crippen LogP contribution in [0.3, 0.4) is 0 Å². The van der Waals surface area contributed by atoms with Gasteiger partial charge in [0.05, 0.1) is 23.3 Å². The molecule has 1 aromatic heterocycles. The molecule has 0 spiro atoms. The number of benzene rings is 3. The Balaban J connectivity index is 1.86. The molecule has 27 heavy (non-hydrogen) atoms. The van der Waals surface area contributed by atoms with Crippen molar-refractivity contribution in [3.63, 3.8) is 0 Å². The molecule has 4 rings (SSSR count).